The van der Waals surface area contributed by atoms with Crippen LogP contribution < -0.4 is 5.32 Å². The second-order valence-corrected chi connectivity index (χ2v) is 3.56. The number of carbonyl (C=O) groups excluding carboxylic acids is 1. The molecule has 0 aromatic rings. The van der Waals surface area contributed by atoms with Crippen LogP contribution in [0.25, 0.3) is 0 Å². The molecule has 2 unspecified atom stereocenters. The lowest BCUT2D eigenvalue weighted by Crippen LogP contribution is -2.42. The number of nitrogens with one attached hydrogen (secondary N) is 1. The van der Waals surface area contributed by atoms with Crippen molar-refractivity contribution in [2.24, 2.45) is 0 Å². The fraction of sp³-hybridized carbons (Fsp3) is 0.875. The minimum Gasteiger partial charge on any atom is -0.441 e. The molecule has 0 bridgehead atoms. The summed E-state index contributed by atoms with van der Waals surface area (Å²) in [5, 5.41) is 2.68. The van der Waals surface area contributed by atoms with Crippen LogP contribution in [0.1, 0.15) is 19.8 Å². The van der Waals surface area contributed by atoms with Crippen molar-refractivity contribution < 1.29 is 14.3 Å². The fourth-order valence-corrected chi connectivity index (χ4v) is 1.89. The van der Waals surface area contributed by atoms with Gasteiger partial charge < -0.3 is 14.8 Å². The van der Waals surface area contributed by atoms with E-state index in [2.05, 4.69) is 5.32 Å². The molecule has 0 radical (unpaired) electrons. The molecule has 1 N–H and O–H groups in total. The van der Waals surface area contributed by atoms with Gasteiger partial charge >= 0.3 is 6.09 Å². The maximum Gasteiger partial charge on any atom is 0.407 e. The van der Waals surface area contributed by atoms with Crippen LogP contribution in [0.2, 0.25) is 0 Å². The SMILES string of the molecule is CC1CC2(CCO1)CNC(=O)O2. The van der Waals surface area contributed by atoms with Gasteiger partial charge in [-0.1, -0.05) is 0 Å². The minimum atomic E-state index is -0.288. The molecule has 4 nitrogen and oxygen atoms in total. The number of hydrogen-bond acceptors (Lipinski definition) is 3. The lowest BCUT2D eigenvalue weighted by atomic mass is 9.91. The molecular formula is C8H13NO3. The fourth-order valence-electron chi connectivity index (χ4n) is 1.89. The summed E-state index contributed by atoms with van der Waals surface area (Å²) >= 11 is 0. The molecule has 0 aromatic heterocycles. The highest BCUT2D eigenvalue weighted by Gasteiger charge is 2.43. The Morgan fingerprint density at radius 2 is 2.50 bits per heavy atom. The van der Waals surface area contributed by atoms with Gasteiger partial charge in [-0.3, -0.25) is 0 Å². The molecule has 1 spiro atoms. The van der Waals surface area contributed by atoms with Gasteiger partial charge in [0.25, 0.3) is 0 Å². The first kappa shape index (κ1) is 7.86. The number of hydrogen-bond donors (Lipinski definition) is 1. The smallest absolute Gasteiger partial charge is 0.407 e. The zero-order valence-electron chi connectivity index (χ0n) is 7.13. The minimum absolute atomic E-state index is 0.200. The van der Waals surface area contributed by atoms with Crippen LogP contribution in [0.5, 0.6) is 0 Å². The van der Waals surface area contributed by atoms with E-state index in [1.54, 1.807) is 0 Å². The van der Waals surface area contributed by atoms with Crippen LogP contribution in [0, 0.1) is 0 Å². The van der Waals surface area contributed by atoms with Crippen molar-refractivity contribution >= 4 is 6.09 Å². The van der Waals surface area contributed by atoms with Crippen LogP contribution in [0.3, 0.4) is 0 Å². The summed E-state index contributed by atoms with van der Waals surface area (Å²) in [6.07, 6.45) is 1.54. The molecule has 2 saturated heterocycles. The molecule has 2 fully saturated rings. The van der Waals surface area contributed by atoms with Crippen molar-refractivity contribution in [1.82, 2.24) is 5.32 Å². The molecule has 0 saturated carbocycles. The number of amides is 1. The van der Waals surface area contributed by atoms with Crippen LogP contribution in [-0.4, -0.2) is 30.9 Å². The monoisotopic (exact) mass is 171 g/mol. The van der Waals surface area contributed by atoms with E-state index < -0.39 is 0 Å². The number of alkyl carbamates (subject to hydrolysis) is 1. The van der Waals surface area contributed by atoms with Crippen molar-refractivity contribution in [3.05, 3.63) is 0 Å². The van der Waals surface area contributed by atoms with Gasteiger partial charge in [0.2, 0.25) is 0 Å². The molecule has 2 heterocycles. The highest BCUT2D eigenvalue weighted by Crippen LogP contribution is 2.30. The van der Waals surface area contributed by atoms with E-state index in [0.29, 0.717) is 13.2 Å². The summed E-state index contributed by atoms with van der Waals surface area (Å²) in [7, 11) is 0. The highest BCUT2D eigenvalue weighted by atomic mass is 16.6. The summed E-state index contributed by atoms with van der Waals surface area (Å²) in [6.45, 7) is 3.34. The summed E-state index contributed by atoms with van der Waals surface area (Å²) in [6, 6.07) is 0. The molecule has 2 rings (SSSR count). The molecule has 1 amide bonds. The Bertz CT molecular complexity index is 206. The Kier molecular flexibility index (Phi) is 1.72. The predicted octanol–water partition coefficient (Wildman–Crippen LogP) is 0.664. The first-order valence-electron chi connectivity index (χ1n) is 4.29. The van der Waals surface area contributed by atoms with Gasteiger partial charge in [0.1, 0.15) is 5.60 Å². The highest BCUT2D eigenvalue weighted by molar-refractivity contribution is 5.70. The molecule has 2 atom stereocenters. The molecule has 4 heteroatoms. The zero-order valence-corrected chi connectivity index (χ0v) is 7.13. The lowest BCUT2D eigenvalue weighted by molar-refractivity contribution is -0.0790. The average molecular weight is 171 g/mol. The normalized spacial score (nSPS) is 41.1. The van der Waals surface area contributed by atoms with E-state index in [9.17, 15) is 4.79 Å². The third-order valence-electron chi connectivity index (χ3n) is 2.48. The molecule has 0 aliphatic carbocycles. The van der Waals surface area contributed by atoms with E-state index in [1.165, 1.54) is 0 Å². The molecule has 2 aliphatic heterocycles. The van der Waals surface area contributed by atoms with E-state index in [-0.39, 0.29) is 17.8 Å². The average Bonchev–Trinajstić information content (AvgIpc) is 2.32. The third-order valence-corrected chi connectivity index (χ3v) is 2.48. The number of rotatable bonds is 0. The standard InChI is InChI=1S/C8H13NO3/c1-6-4-8(2-3-11-6)5-9-7(10)12-8/h6H,2-5H2,1H3,(H,9,10). The Labute approximate surface area is 71.2 Å². The maximum atomic E-state index is 10.8. The molecular weight excluding hydrogens is 158 g/mol. The Morgan fingerprint density at radius 1 is 1.67 bits per heavy atom. The summed E-state index contributed by atoms with van der Waals surface area (Å²) in [4.78, 5) is 10.8. The topological polar surface area (TPSA) is 47.6 Å². The second-order valence-electron chi connectivity index (χ2n) is 3.56. The van der Waals surface area contributed by atoms with Crippen molar-refractivity contribution in [2.45, 2.75) is 31.5 Å². The number of carbonyl (C=O) groups is 1. The second kappa shape index (κ2) is 2.62. The van der Waals surface area contributed by atoms with Crippen molar-refractivity contribution in [2.75, 3.05) is 13.2 Å². The van der Waals surface area contributed by atoms with Crippen molar-refractivity contribution in [3.63, 3.8) is 0 Å². The number of ether oxygens (including phenoxy) is 2. The Hall–Kier alpha value is -0.770. The summed E-state index contributed by atoms with van der Waals surface area (Å²) in [5.74, 6) is 0. The molecule has 0 aromatic carbocycles. The largest absolute Gasteiger partial charge is 0.441 e. The van der Waals surface area contributed by atoms with Gasteiger partial charge in [0.15, 0.2) is 0 Å². The summed E-state index contributed by atoms with van der Waals surface area (Å²) in [5.41, 5.74) is -0.269. The van der Waals surface area contributed by atoms with E-state index in [0.717, 1.165) is 12.8 Å². The van der Waals surface area contributed by atoms with Crippen molar-refractivity contribution in [3.8, 4) is 0 Å². The van der Waals surface area contributed by atoms with Gasteiger partial charge in [-0.25, -0.2) is 4.79 Å². The zero-order chi connectivity index (χ0) is 8.60. The lowest BCUT2D eigenvalue weighted by Gasteiger charge is -2.34. The van der Waals surface area contributed by atoms with Crippen LogP contribution in [-0.2, 0) is 9.47 Å². The molecule has 12 heavy (non-hydrogen) atoms. The Morgan fingerprint density at radius 3 is 3.08 bits per heavy atom. The third kappa shape index (κ3) is 1.27. The van der Waals surface area contributed by atoms with Crippen LogP contribution in [0.4, 0.5) is 4.79 Å². The quantitative estimate of drug-likeness (QED) is 0.582. The van der Waals surface area contributed by atoms with E-state index in [1.807, 2.05) is 6.92 Å². The van der Waals surface area contributed by atoms with Gasteiger partial charge in [-0.05, 0) is 6.92 Å². The Balaban J connectivity index is 2.05. The van der Waals surface area contributed by atoms with E-state index >= 15 is 0 Å². The molecule has 68 valence electrons. The van der Waals surface area contributed by atoms with E-state index in [4.69, 9.17) is 9.47 Å². The van der Waals surface area contributed by atoms with Crippen LogP contribution >= 0.6 is 0 Å². The predicted molar refractivity (Wildman–Crippen MR) is 41.9 cm³/mol. The molecule has 2 aliphatic rings. The van der Waals surface area contributed by atoms with Crippen LogP contribution in [0.15, 0.2) is 0 Å². The summed E-state index contributed by atoms with van der Waals surface area (Å²) < 4.78 is 10.6. The first-order valence-corrected chi connectivity index (χ1v) is 4.29. The van der Waals surface area contributed by atoms with Gasteiger partial charge in [-0.15, -0.1) is 0 Å². The van der Waals surface area contributed by atoms with Gasteiger partial charge in [0, 0.05) is 12.8 Å². The van der Waals surface area contributed by atoms with Gasteiger partial charge in [0.05, 0.1) is 19.3 Å². The first-order chi connectivity index (χ1) is 5.70. The maximum absolute atomic E-state index is 10.8. The van der Waals surface area contributed by atoms with Gasteiger partial charge in [-0.2, -0.15) is 0 Å². The van der Waals surface area contributed by atoms with Crippen molar-refractivity contribution in [1.29, 1.82) is 0 Å².